The Morgan fingerprint density at radius 3 is 1.63 bits per heavy atom. The van der Waals surface area contributed by atoms with E-state index in [9.17, 15) is 0 Å². The molecule has 1 spiro atoms. The number of hydrogen-bond donors (Lipinski definition) is 0. The van der Waals surface area contributed by atoms with Gasteiger partial charge in [-0.05, 0) is 126 Å². The highest BCUT2D eigenvalue weighted by Crippen LogP contribution is 2.63. The summed E-state index contributed by atoms with van der Waals surface area (Å²) in [6, 6.07) is 74.5. The first-order valence-electron chi connectivity index (χ1n) is 21.9. The van der Waals surface area contributed by atoms with E-state index >= 15 is 0 Å². The average Bonchev–Trinajstić information content (AvgIpc) is 4.09. The lowest BCUT2D eigenvalue weighted by Crippen LogP contribution is -2.25. The molecule has 2 heterocycles. The molecule has 0 N–H and O–H groups in total. The maximum Gasteiger partial charge on any atom is 0.154 e. The Balaban J connectivity index is 0.973. The van der Waals surface area contributed by atoms with E-state index in [2.05, 4.69) is 219 Å². The Morgan fingerprint density at radius 1 is 0.397 bits per heavy atom. The van der Waals surface area contributed by atoms with Gasteiger partial charge < -0.3 is 9.32 Å². The summed E-state index contributed by atoms with van der Waals surface area (Å²) in [6.07, 6.45) is 0. The number of fused-ring (bicyclic) bond motifs is 18. The lowest BCUT2D eigenvalue weighted by atomic mass is 9.70. The molecule has 63 heavy (non-hydrogen) atoms. The predicted octanol–water partition coefficient (Wildman–Crippen LogP) is 16.6. The van der Waals surface area contributed by atoms with Gasteiger partial charge in [0, 0.05) is 44.0 Å². The van der Waals surface area contributed by atoms with Gasteiger partial charge in [0.25, 0.3) is 0 Å². The molecule has 9 aromatic carbocycles. The van der Waals surface area contributed by atoms with Crippen molar-refractivity contribution >= 4 is 59.7 Å². The van der Waals surface area contributed by atoms with Crippen LogP contribution >= 0.6 is 11.3 Å². The molecule has 3 aliphatic rings. The first-order valence-corrected chi connectivity index (χ1v) is 22.7. The van der Waals surface area contributed by atoms with Crippen LogP contribution in [0.2, 0.25) is 0 Å². The highest BCUT2D eigenvalue weighted by molar-refractivity contribution is 7.26. The number of benzene rings is 9. The van der Waals surface area contributed by atoms with Gasteiger partial charge in [0.2, 0.25) is 0 Å². The van der Waals surface area contributed by atoms with Crippen molar-refractivity contribution in [3.63, 3.8) is 0 Å². The maximum atomic E-state index is 6.90. The largest absolute Gasteiger partial charge is 0.454 e. The van der Waals surface area contributed by atoms with Crippen LogP contribution in [0.4, 0.5) is 17.1 Å². The molecule has 14 rings (SSSR count). The highest BCUT2D eigenvalue weighted by Gasteiger charge is 2.51. The lowest BCUT2D eigenvalue weighted by Gasteiger charge is -2.31. The zero-order chi connectivity index (χ0) is 41.6. The van der Waals surface area contributed by atoms with E-state index in [1.165, 1.54) is 87.3 Å². The van der Waals surface area contributed by atoms with Crippen LogP contribution in [0.1, 0.15) is 47.2 Å². The summed E-state index contributed by atoms with van der Waals surface area (Å²) in [5.74, 6) is 0. The monoisotopic (exact) mass is 821 g/mol. The summed E-state index contributed by atoms with van der Waals surface area (Å²) in [4.78, 5) is 2.45. The first-order chi connectivity index (χ1) is 31.0. The molecule has 0 fully saturated rings. The molecule has 0 radical (unpaired) electrons. The minimum Gasteiger partial charge on any atom is -0.454 e. The van der Waals surface area contributed by atoms with Crippen molar-refractivity contribution in [1.82, 2.24) is 0 Å². The Bertz CT molecular complexity index is 3690. The Morgan fingerprint density at radius 2 is 0.921 bits per heavy atom. The molecule has 3 aliphatic carbocycles. The molecule has 296 valence electrons. The molecular formula is C60H39NOS. The third kappa shape index (κ3) is 4.62. The van der Waals surface area contributed by atoms with Crippen molar-refractivity contribution in [2.45, 2.75) is 24.7 Å². The van der Waals surface area contributed by atoms with Crippen molar-refractivity contribution < 1.29 is 4.42 Å². The zero-order valence-corrected chi connectivity index (χ0v) is 35.6. The highest BCUT2D eigenvalue weighted by atomic mass is 32.1. The van der Waals surface area contributed by atoms with E-state index in [0.717, 1.165) is 39.0 Å². The number of thiophene rings is 1. The molecule has 0 aliphatic heterocycles. The van der Waals surface area contributed by atoms with Gasteiger partial charge in [-0.25, -0.2) is 0 Å². The van der Waals surface area contributed by atoms with Crippen LogP contribution in [-0.4, -0.2) is 0 Å². The van der Waals surface area contributed by atoms with E-state index < -0.39 is 5.41 Å². The number of hydrogen-bond acceptors (Lipinski definition) is 3. The van der Waals surface area contributed by atoms with E-state index in [1.54, 1.807) is 0 Å². The summed E-state index contributed by atoms with van der Waals surface area (Å²) < 4.78 is 9.33. The van der Waals surface area contributed by atoms with Crippen LogP contribution in [0.15, 0.2) is 205 Å². The Labute approximate surface area is 370 Å². The molecule has 0 unspecified atom stereocenters. The van der Waals surface area contributed by atoms with Crippen LogP contribution in [0.5, 0.6) is 0 Å². The molecule has 2 nitrogen and oxygen atoms in total. The fourth-order valence-corrected chi connectivity index (χ4v) is 12.9. The minimum absolute atomic E-state index is 0.142. The van der Waals surface area contributed by atoms with Crippen LogP contribution in [0.25, 0.3) is 75.8 Å². The second-order valence-electron chi connectivity index (χ2n) is 18.0. The zero-order valence-electron chi connectivity index (χ0n) is 34.8. The standard InChI is InChI=1S/C60H39NOS/c1-59(2)49-20-10-6-16-41(49)45-29-25-39(34-54(45)59)61(40-26-30-46-55(35-40)62-57-47-28-24-37(32-56(47)63-58(46)57)36-14-4-3-5-15-36)38-27-31-53-48(33-38)44-19-9-13-23-52(44)60(53)50-21-11-7-17-42(50)43-18-8-12-22-51(43)60/h3-35H,1-2H3. The number of nitrogens with zero attached hydrogens (tertiary/aromatic N) is 1. The maximum absolute atomic E-state index is 6.90. The van der Waals surface area contributed by atoms with Gasteiger partial charge >= 0.3 is 0 Å². The normalized spacial score (nSPS) is 14.4. The van der Waals surface area contributed by atoms with Crippen molar-refractivity contribution in [2.75, 3.05) is 4.90 Å². The van der Waals surface area contributed by atoms with Crippen LogP contribution < -0.4 is 4.90 Å². The molecule has 3 heteroatoms. The molecule has 0 saturated carbocycles. The SMILES string of the molecule is CC1(C)c2ccccc2-c2ccc(N(c3ccc4c(c3)-c3ccccc3C43c4ccccc4-c4ccccc43)c3ccc4c(c3)oc3c5ccc(-c6ccccc6)cc5sc43)cc21. The fourth-order valence-electron chi connectivity index (χ4n) is 11.7. The first kappa shape index (κ1) is 35.2. The van der Waals surface area contributed by atoms with Gasteiger partial charge in [-0.15, -0.1) is 11.3 Å². The van der Waals surface area contributed by atoms with Crippen molar-refractivity contribution in [2.24, 2.45) is 0 Å². The van der Waals surface area contributed by atoms with E-state index in [-0.39, 0.29) is 5.41 Å². The van der Waals surface area contributed by atoms with Crippen LogP contribution in [0, 0.1) is 0 Å². The molecule has 11 aromatic rings. The molecule has 0 atom stereocenters. The summed E-state index contributed by atoms with van der Waals surface area (Å²) >= 11 is 1.82. The second kappa shape index (κ2) is 12.6. The minimum atomic E-state index is -0.394. The summed E-state index contributed by atoms with van der Waals surface area (Å²) in [5, 5.41) is 2.30. The van der Waals surface area contributed by atoms with Crippen molar-refractivity contribution in [1.29, 1.82) is 0 Å². The quantitative estimate of drug-likeness (QED) is 0.176. The number of anilines is 3. The predicted molar refractivity (Wildman–Crippen MR) is 263 cm³/mol. The smallest absolute Gasteiger partial charge is 0.154 e. The van der Waals surface area contributed by atoms with E-state index in [4.69, 9.17) is 4.42 Å². The lowest BCUT2D eigenvalue weighted by molar-refractivity contribution is 0.660. The Hall–Kier alpha value is -7.46. The summed E-state index contributed by atoms with van der Waals surface area (Å²) in [6.45, 7) is 4.73. The van der Waals surface area contributed by atoms with Gasteiger partial charge in [0.05, 0.1) is 10.1 Å². The van der Waals surface area contributed by atoms with E-state index in [0.29, 0.717) is 0 Å². The second-order valence-corrected chi connectivity index (χ2v) is 19.0. The van der Waals surface area contributed by atoms with Gasteiger partial charge in [-0.3, -0.25) is 0 Å². The van der Waals surface area contributed by atoms with Crippen molar-refractivity contribution in [3.8, 4) is 44.5 Å². The van der Waals surface area contributed by atoms with Crippen LogP contribution in [-0.2, 0) is 10.8 Å². The van der Waals surface area contributed by atoms with Crippen LogP contribution in [0.3, 0.4) is 0 Å². The Kier molecular flexibility index (Phi) is 7.01. The van der Waals surface area contributed by atoms with E-state index in [1.807, 2.05) is 11.3 Å². The van der Waals surface area contributed by atoms with Gasteiger partial charge in [-0.1, -0.05) is 159 Å². The van der Waals surface area contributed by atoms with Gasteiger partial charge in [0.1, 0.15) is 5.58 Å². The van der Waals surface area contributed by atoms with Crippen molar-refractivity contribution in [3.05, 3.63) is 234 Å². The topological polar surface area (TPSA) is 16.4 Å². The van der Waals surface area contributed by atoms with Gasteiger partial charge in [-0.2, -0.15) is 0 Å². The number of furan rings is 1. The molecular weight excluding hydrogens is 783 g/mol. The third-order valence-corrected chi connectivity index (χ3v) is 15.7. The fraction of sp³-hybridized carbons (Fsp3) is 0.0667. The van der Waals surface area contributed by atoms with Gasteiger partial charge in [0.15, 0.2) is 5.58 Å². The average molecular weight is 822 g/mol. The number of rotatable bonds is 4. The summed E-state index contributed by atoms with van der Waals surface area (Å²) in [7, 11) is 0. The molecule has 0 bridgehead atoms. The third-order valence-electron chi connectivity index (χ3n) is 14.5. The molecule has 0 saturated heterocycles. The summed E-state index contributed by atoms with van der Waals surface area (Å²) in [5.41, 5.74) is 23.0. The molecule has 0 amide bonds. The molecule has 2 aromatic heterocycles.